The van der Waals surface area contributed by atoms with Crippen molar-refractivity contribution in [1.82, 2.24) is 14.7 Å². The summed E-state index contributed by atoms with van der Waals surface area (Å²) in [7, 11) is 0. The van der Waals surface area contributed by atoms with Crippen LogP contribution in [-0.2, 0) is 20.0 Å². The maximum atomic E-state index is 13.9. The third-order valence-corrected chi connectivity index (χ3v) is 7.99. The van der Waals surface area contributed by atoms with Crippen molar-refractivity contribution in [1.29, 1.82) is 0 Å². The van der Waals surface area contributed by atoms with Crippen LogP contribution in [0.4, 0.5) is 10.5 Å². The van der Waals surface area contributed by atoms with Crippen molar-refractivity contribution < 1.29 is 28.7 Å². The Hall–Kier alpha value is -4.70. The molecule has 0 aliphatic carbocycles. The summed E-state index contributed by atoms with van der Waals surface area (Å²) in [5.41, 5.74) is -0.166. The smallest absolute Gasteiger partial charge is 0.412 e. The molecule has 5 amide bonds. The number of benzene rings is 3. The van der Waals surface area contributed by atoms with Crippen LogP contribution in [0.25, 0.3) is 0 Å². The minimum Gasteiger partial charge on any atom is -0.447 e. The highest BCUT2D eigenvalue weighted by Crippen LogP contribution is 2.56. The lowest BCUT2D eigenvalue weighted by Crippen LogP contribution is -2.83. The van der Waals surface area contributed by atoms with Gasteiger partial charge in [-0.1, -0.05) is 54.1 Å². The van der Waals surface area contributed by atoms with Gasteiger partial charge in [-0.15, -0.1) is 0 Å². The lowest BCUT2D eigenvalue weighted by molar-refractivity contribution is -0.197. The number of nitrogens with zero attached hydrogens (tertiary/aromatic N) is 3. The largest absolute Gasteiger partial charge is 0.447 e. The summed E-state index contributed by atoms with van der Waals surface area (Å²) >= 11 is 6.44. The van der Waals surface area contributed by atoms with Crippen LogP contribution in [0.3, 0.4) is 0 Å². The molecule has 4 aliphatic rings. The van der Waals surface area contributed by atoms with Crippen molar-refractivity contribution in [2.24, 2.45) is 0 Å². The van der Waals surface area contributed by atoms with Gasteiger partial charge in [-0.3, -0.25) is 29.0 Å². The zero-order valence-electron chi connectivity index (χ0n) is 20.2. The van der Waals surface area contributed by atoms with E-state index in [1.807, 2.05) is 30.3 Å². The fourth-order valence-corrected chi connectivity index (χ4v) is 6.34. The highest BCUT2D eigenvalue weighted by molar-refractivity contribution is 6.31. The Morgan fingerprint density at radius 3 is 2.23 bits per heavy atom. The van der Waals surface area contributed by atoms with Crippen molar-refractivity contribution in [3.63, 3.8) is 0 Å². The monoisotopic (exact) mass is 542 g/mol. The molecule has 10 nitrogen and oxygen atoms in total. The van der Waals surface area contributed by atoms with Crippen LogP contribution < -0.4 is 5.32 Å². The van der Waals surface area contributed by atoms with Gasteiger partial charge < -0.3 is 15.0 Å². The first-order valence-electron chi connectivity index (χ1n) is 12.2. The molecule has 4 aliphatic heterocycles. The second-order valence-corrected chi connectivity index (χ2v) is 10.1. The Balaban J connectivity index is 1.51. The van der Waals surface area contributed by atoms with Crippen molar-refractivity contribution >= 4 is 47.0 Å². The first-order valence-corrected chi connectivity index (χ1v) is 12.6. The Bertz CT molecular complexity index is 1590. The first-order chi connectivity index (χ1) is 18.8. The third kappa shape index (κ3) is 3.00. The molecular formula is C28H19ClN4O6. The average Bonchev–Trinajstić information content (AvgIpc) is 3.41. The standard InChI is InChI=1S/C28H19ClN4O6/c29-16-10-11-20-19(12-16)28(33-21(14-39-27(33)38)15-6-2-1-3-7-15)23(26(37)31(28)13-22(34)30-20)32-24(35)17-8-4-5-9-18(17)25(32)36/h1-12,21,23H,13-14H2,(H,30,34)/t21-,23-,28-/m1/s1. The molecule has 3 aromatic carbocycles. The number of anilines is 1. The van der Waals surface area contributed by atoms with Crippen LogP contribution in [-0.4, -0.2) is 63.6 Å². The maximum Gasteiger partial charge on any atom is 0.412 e. The molecule has 0 spiro atoms. The van der Waals surface area contributed by atoms with Crippen molar-refractivity contribution in [3.05, 3.63) is 100 Å². The number of nitrogens with one attached hydrogen (secondary N) is 1. The minimum absolute atomic E-state index is 0.0429. The number of halogens is 1. The lowest BCUT2D eigenvalue weighted by Gasteiger charge is -2.61. The number of hydrogen-bond donors (Lipinski definition) is 1. The quantitative estimate of drug-likeness (QED) is 0.401. The van der Waals surface area contributed by atoms with Gasteiger partial charge in [-0.05, 0) is 35.9 Å². The number of amides is 5. The van der Waals surface area contributed by atoms with Gasteiger partial charge in [0, 0.05) is 16.3 Å². The molecule has 0 unspecified atom stereocenters. The number of fused-ring (bicyclic) bond motifs is 4. The SMILES string of the molecule is O=C1CN2C(=O)[C@@H](N3C(=O)c4ccccc4C3=O)[C@]2(N2C(=O)OC[C@@H]2c2ccccc2)c2cc(Cl)ccc2N1. The third-order valence-electron chi connectivity index (χ3n) is 7.75. The Morgan fingerprint density at radius 1 is 0.872 bits per heavy atom. The van der Waals surface area contributed by atoms with Gasteiger partial charge in [0.15, 0.2) is 11.7 Å². The molecule has 0 saturated carbocycles. The normalized spacial score (nSPS) is 25.5. The van der Waals surface area contributed by atoms with E-state index >= 15 is 0 Å². The molecule has 0 bridgehead atoms. The van der Waals surface area contributed by atoms with Gasteiger partial charge >= 0.3 is 6.09 Å². The predicted molar refractivity (Wildman–Crippen MR) is 137 cm³/mol. The molecule has 3 atom stereocenters. The number of carbonyl (C=O) groups is 5. The molecule has 7 rings (SSSR count). The molecule has 194 valence electrons. The van der Waals surface area contributed by atoms with E-state index in [2.05, 4.69) is 5.32 Å². The lowest BCUT2D eigenvalue weighted by atomic mass is 9.76. The summed E-state index contributed by atoms with van der Waals surface area (Å²) in [5, 5.41) is 3.05. The second kappa shape index (κ2) is 8.15. The zero-order valence-corrected chi connectivity index (χ0v) is 20.9. The molecule has 4 heterocycles. The molecule has 11 heteroatoms. The molecule has 0 radical (unpaired) electrons. The zero-order chi connectivity index (χ0) is 27.1. The van der Waals surface area contributed by atoms with Crippen LogP contribution >= 0.6 is 11.6 Å². The molecule has 2 saturated heterocycles. The minimum atomic E-state index is -1.78. The molecular weight excluding hydrogens is 524 g/mol. The van der Waals surface area contributed by atoms with Gasteiger partial charge in [0.2, 0.25) is 5.91 Å². The summed E-state index contributed by atoms with van der Waals surface area (Å²) in [6.07, 6.45) is -0.761. The molecule has 2 fully saturated rings. The second-order valence-electron chi connectivity index (χ2n) is 9.69. The first kappa shape index (κ1) is 23.4. The Labute approximate surface area is 226 Å². The average molecular weight is 543 g/mol. The fourth-order valence-electron chi connectivity index (χ4n) is 6.17. The van der Waals surface area contributed by atoms with Crippen LogP contribution in [0.2, 0.25) is 5.02 Å². The molecule has 1 N–H and O–H groups in total. The van der Waals surface area contributed by atoms with E-state index in [4.69, 9.17) is 16.3 Å². The molecule has 0 aromatic heterocycles. The van der Waals surface area contributed by atoms with Crippen molar-refractivity contribution in [3.8, 4) is 0 Å². The van der Waals surface area contributed by atoms with E-state index in [0.717, 1.165) is 4.90 Å². The number of rotatable bonds is 3. The summed E-state index contributed by atoms with van der Waals surface area (Å²) in [6.45, 7) is -0.463. The Kier molecular flexibility index (Phi) is 4.89. The predicted octanol–water partition coefficient (Wildman–Crippen LogP) is 3.15. The van der Waals surface area contributed by atoms with E-state index < -0.39 is 54.0 Å². The van der Waals surface area contributed by atoms with Gasteiger partial charge in [-0.2, -0.15) is 0 Å². The number of hydrogen-bond acceptors (Lipinski definition) is 6. The van der Waals surface area contributed by atoms with E-state index in [0.29, 0.717) is 16.8 Å². The summed E-state index contributed by atoms with van der Waals surface area (Å²) in [5.74, 6) is -2.48. The number of cyclic esters (lactones) is 1. The highest BCUT2D eigenvalue weighted by Gasteiger charge is 2.74. The van der Waals surface area contributed by atoms with E-state index in [1.165, 1.54) is 21.9 Å². The van der Waals surface area contributed by atoms with Gasteiger partial charge in [0.05, 0.1) is 17.2 Å². The summed E-state index contributed by atoms with van der Waals surface area (Å²) in [6, 6.07) is 17.9. The van der Waals surface area contributed by atoms with E-state index in [9.17, 15) is 24.0 Å². The van der Waals surface area contributed by atoms with E-state index in [1.54, 1.807) is 30.3 Å². The van der Waals surface area contributed by atoms with Crippen LogP contribution in [0.5, 0.6) is 0 Å². The fraction of sp³-hybridized carbons (Fsp3) is 0.179. The van der Waals surface area contributed by atoms with Crippen LogP contribution in [0.15, 0.2) is 72.8 Å². The number of ether oxygens (including phenoxy) is 1. The molecule has 39 heavy (non-hydrogen) atoms. The summed E-state index contributed by atoms with van der Waals surface area (Å²) in [4.78, 5) is 71.3. The topological polar surface area (TPSA) is 116 Å². The Morgan fingerprint density at radius 2 is 1.54 bits per heavy atom. The number of β-lactam (4-membered cyclic amide) rings is 1. The van der Waals surface area contributed by atoms with Gasteiger partial charge in [0.1, 0.15) is 13.2 Å². The van der Waals surface area contributed by atoms with Crippen LogP contribution in [0.1, 0.15) is 37.9 Å². The number of carbonyl (C=O) groups excluding carboxylic acids is 5. The highest BCUT2D eigenvalue weighted by atomic mass is 35.5. The van der Waals surface area contributed by atoms with Gasteiger partial charge in [0.25, 0.3) is 17.7 Å². The maximum absolute atomic E-state index is 13.9. The van der Waals surface area contributed by atoms with Gasteiger partial charge in [-0.25, -0.2) is 4.79 Å². The van der Waals surface area contributed by atoms with Crippen molar-refractivity contribution in [2.75, 3.05) is 18.5 Å². The summed E-state index contributed by atoms with van der Waals surface area (Å²) < 4.78 is 5.53. The van der Waals surface area contributed by atoms with Crippen LogP contribution in [0, 0.1) is 0 Å². The van der Waals surface area contributed by atoms with Crippen molar-refractivity contribution in [2.45, 2.75) is 17.7 Å². The molecule has 3 aromatic rings. The number of imide groups is 1. The van der Waals surface area contributed by atoms with E-state index in [-0.39, 0.29) is 22.8 Å².